The molecule has 0 amide bonds. The van der Waals surface area contributed by atoms with E-state index >= 15 is 0 Å². The van der Waals surface area contributed by atoms with Crippen LogP contribution in [0.1, 0.15) is 19.9 Å². The number of para-hydroxylation sites is 1. The van der Waals surface area contributed by atoms with E-state index in [1.165, 1.54) is 4.52 Å². The third-order valence-corrected chi connectivity index (χ3v) is 4.34. The first-order valence-electron chi connectivity index (χ1n) is 7.16. The average Bonchev–Trinajstić information content (AvgIpc) is 3.15. The molecule has 0 saturated carbocycles. The summed E-state index contributed by atoms with van der Waals surface area (Å²) in [5.74, 6) is 0.481. The molecule has 0 aliphatic carbocycles. The van der Waals surface area contributed by atoms with E-state index in [9.17, 15) is 4.79 Å². The molecule has 0 saturated heterocycles. The Labute approximate surface area is 139 Å². The summed E-state index contributed by atoms with van der Waals surface area (Å²) in [7, 11) is 0. The number of hydrogen-bond donors (Lipinski definition) is 1. The van der Waals surface area contributed by atoms with Gasteiger partial charge in [-0.1, -0.05) is 6.07 Å². The lowest BCUT2D eigenvalue weighted by molar-refractivity contribution is 0.532. The molecule has 0 radical (unpaired) electrons. The number of rotatable bonds is 2. The molecule has 0 bridgehead atoms. The Morgan fingerprint density at radius 1 is 1.30 bits per heavy atom. The summed E-state index contributed by atoms with van der Waals surface area (Å²) in [6.07, 6.45) is 3.59. The molecule has 0 aliphatic heterocycles. The predicted molar refractivity (Wildman–Crippen MR) is 90.4 cm³/mol. The van der Waals surface area contributed by atoms with Crippen molar-refractivity contribution in [3.63, 3.8) is 0 Å². The summed E-state index contributed by atoms with van der Waals surface area (Å²) < 4.78 is 3.93. The second-order valence-corrected chi connectivity index (χ2v) is 6.42. The van der Waals surface area contributed by atoms with Crippen LogP contribution in [0.4, 0.5) is 0 Å². The van der Waals surface area contributed by atoms with Crippen LogP contribution in [0, 0.1) is 0 Å². The van der Waals surface area contributed by atoms with Crippen LogP contribution in [-0.2, 0) is 0 Å². The van der Waals surface area contributed by atoms with E-state index in [2.05, 4.69) is 36.1 Å². The zero-order valence-corrected chi connectivity index (χ0v) is 14.1. The van der Waals surface area contributed by atoms with Gasteiger partial charge in [0.2, 0.25) is 0 Å². The molecule has 116 valence electrons. The Kier molecular flexibility index (Phi) is 3.08. The molecule has 0 atom stereocenters. The second kappa shape index (κ2) is 5.02. The highest BCUT2D eigenvalue weighted by atomic mass is 79.9. The Hall–Kier alpha value is -2.48. The number of aromatic amines is 1. The van der Waals surface area contributed by atoms with Gasteiger partial charge in [-0.3, -0.25) is 4.68 Å². The van der Waals surface area contributed by atoms with Gasteiger partial charge in [0, 0.05) is 22.1 Å². The van der Waals surface area contributed by atoms with Crippen molar-refractivity contribution >= 4 is 32.5 Å². The summed E-state index contributed by atoms with van der Waals surface area (Å²) >= 11 is 3.45. The SMILES string of the molecule is CC(C)n1cc(-c2nc3c4cccc(Br)c4[nH]c(=O)n3n2)cn1. The number of fused-ring (bicyclic) bond motifs is 3. The van der Waals surface area contributed by atoms with Gasteiger partial charge in [-0.05, 0) is 41.9 Å². The van der Waals surface area contributed by atoms with E-state index in [1.807, 2.05) is 42.9 Å². The molecule has 23 heavy (non-hydrogen) atoms. The summed E-state index contributed by atoms with van der Waals surface area (Å²) in [4.78, 5) is 19.6. The number of H-pyrrole nitrogens is 1. The normalized spacial score (nSPS) is 11.8. The van der Waals surface area contributed by atoms with Crippen molar-refractivity contribution in [3.05, 3.63) is 45.5 Å². The maximum absolute atomic E-state index is 12.3. The summed E-state index contributed by atoms with van der Waals surface area (Å²) in [6.45, 7) is 4.09. The van der Waals surface area contributed by atoms with Crippen molar-refractivity contribution in [1.29, 1.82) is 0 Å². The van der Waals surface area contributed by atoms with E-state index in [-0.39, 0.29) is 11.7 Å². The first-order chi connectivity index (χ1) is 11.0. The Morgan fingerprint density at radius 3 is 2.87 bits per heavy atom. The molecule has 1 aromatic carbocycles. The van der Waals surface area contributed by atoms with Crippen LogP contribution < -0.4 is 5.69 Å². The summed E-state index contributed by atoms with van der Waals surface area (Å²) in [5, 5.41) is 9.45. The molecule has 7 nitrogen and oxygen atoms in total. The van der Waals surface area contributed by atoms with Gasteiger partial charge in [-0.2, -0.15) is 9.61 Å². The number of nitrogens with one attached hydrogen (secondary N) is 1. The fourth-order valence-corrected chi connectivity index (χ4v) is 2.95. The predicted octanol–water partition coefficient (Wildman–Crippen LogP) is 2.78. The lowest BCUT2D eigenvalue weighted by atomic mass is 10.2. The molecule has 3 heterocycles. The van der Waals surface area contributed by atoms with Crippen LogP contribution in [0.2, 0.25) is 0 Å². The highest BCUT2D eigenvalue weighted by Crippen LogP contribution is 2.24. The fourth-order valence-electron chi connectivity index (χ4n) is 2.48. The Bertz CT molecular complexity index is 1090. The lowest BCUT2D eigenvalue weighted by Gasteiger charge is -2.02. The van der Waals surface area contributed by atoms with Crippen LogP contribution in [0.25, 0.3) is 27.9 Å². The van der Waals surface area contributed by atoms with Crippen molar-refractivity contribution in [1.82, 2.24) is 29.4 Å². The minimum absolute atomic E-state index is 0.251. The summed E-state index contributed by atoms with van der Waals surface area (Å²) in [5.41, 5.74) is 1.69. The third-order valence-electron chi connectivity index (χ3n) is 3.67. The van der Waals surface area contributed by atoms with Gasteiger partial charge in [-0.15, -0.1) is 5.10 Å². The maximum Gasteiger partial charge on any atom is 0.348 e. The van der Waals surface area contributed by atoms with Crippen molar-refractivity contribution < 1.29 is 0 Å². The first kappa shape index (κ1) is 14.1. The zero-order chi connectivity index (χ0) is 16.1. The van der Waals surface area contributed by atoms with Gasteiger partial charge in [0.25, 0.3) is 0 Å². The summed E-state index contributed by atoms with van der Waals surface area (Å²) in [6, 6.07) is 5.93. The Morgan fingerprint density at radius 2 is 2.13 bits per heavy atom. The fraction of sp³-hybridized carbons (Fsp3) is 0.200. The number of aromatic nitrogens is 6. The van der Waals surface area contributed by atoms with Crippen LogP contribution in [-0.4, -0.2) is 29.4 Å². The smallest absolute Gasteiger partial charge is 0.304 e. The lowest BCUT2D eigenvalue weighted by Crippen LogP contribution is -2.17. The average molecular weight is 373 g/mol. The van der Waals surface area contributed by atoms with Gasteiger partial charge < -0.3 is 4.98 Å². The third kappa shape index (κ3) is 2.17. The quantitative estimate of drug-likeness (QED) is 0.586. The zero-order valence-electron chi connectivity index (χ0n) is 12.5. The molecule has 0 unspecified atom stereocenters. The number of benzene rings is 1. The van der Waals surface area contributed by atoms with Gasteiger partial charge in [0.15, 0.2) is 11.5 Å². The van der Waals surface area contributed by atoms with Crippen molar-refractivity contribution in [2.24, 2.45) is 0 Å². The minimum Gasteiger partial charge on any atom is -0.304 e. The highest BCUT2D eigenvalue weighted by Gasteiger charge is 2.15. The molecule has 8 heteroatoms. The topological polar surface area (TPSA) is 80.9 Å². The van der Waals surface area contributed by atoms with Crippen LogP contribution >= 0.6 is 15.9 Å². The molecular weight excluding hydrogens is 360 g/mol. The van der Waals surface area contributed by atoms with E-state index < -0.39 is 0 Å². The molecular formula is C15H13BrN6O. The minimum atomic E-state index is -0.325. The van der Waals surface area contributed by atoms with Crippen molar-refractivity contribution in [2.75, 3.05) is 0 Å². The van der Waals surface area contributed by atoms with E-state index in [0.717, 1.165) is 15.4 Å². The molecule has 3 aromatic heterocycles. The van der Waals surface area contributed by atoms with Crippen LogP contribution in [0.15, 0.2) is 39.9 Å². The van der Waals surface area contributed by atoms with E-state index in [0.29, 0.717) is 17.0 Å². The number of hydrogen-bond acceptors (Lipinski definition) is 4. The van der Waals surface area contributed by atoms with Gasteiger partial charge in [0.1, 0.15) is 0 Å². The van der Waals surface area contributed by atoms with E-state index in [1.54, 1.807) is 6.20 Å². The standard InChI is InChI=1S/C15H13BrN6O/c1-8(2)21-7-9(6-17-21)13-19-14-10-4-3-5-11(16)12(10)18-15(23)22(14)20-13/h3-8H,1-2H3,(H,18,23). The molecule has 0 fully saturated rings. The highest BCUT2D eigenvalue weighted by molar-refractivity contribution is 9.10. The Balaban J connectivity index is 2.00. The van der Waals surface area contributed by atoms with Crippen molar-refractivity contribution in [3.8, 4) is 11.4 Å². The number of nitrogens with zero attached hydrogens (tertiary/aromatic N) is 5. The van der Waals surface area contributed by atoms with Crippen LogP contribution in [0.5, 0.6) is 0 Å². The molecule has 1 N–H and O–H groups in total. The van der Waals surface area contributed by atoms with E-state index in [4.69, 9.17) is 0 Å². The molecule has 0 aliphatic rings. The first-order valence-corrected chi connectivity index (χ1v) is 7.95. The van der Waals surface area contributed by atoms with Gasteiger partial charge >= 0.3 is 5.69 Å². The van der Waals surface area contributed by atoms with Crippen LogP contribution in [0.3, 0.4) is 0 Å². The van der Waals surface area contributed by atoms with Gasteiger partial charge in [0.05, 0.1) is 17.3 Å². The second-order valence-electron chi connectivity index (χ2n) is 5.57. The maximum atomic E-state index is 12.3. The largest absolute Gasteiger partial charge is 0.348 e. The molecule has 0 spiro atoms. The van der Waals surface area contributed by atoms with Gasteiger partial charge in [-0.25, -0.2) is 9.78 Å². The molecule has 4 aromatic rings. The van der Waals surface area contributed by atoms with Crippen molar-refractivity contribution in [2.45, 2.75) is 19.9 Å². The molecule has 4 rings (SSSR count). The number of halogens is 1. The monoisotopic (exact) mass is 372 g/mol.